The van der Waals surface area contributed by atoms with Gasteiger partial charge >= 0.3 is 16.3 Å². The molecule has 1 saturated heterocycles. The van der Waals surface area contributed by atoms with E-state index in [9.17, 15) is 27.6 Å². The number of ether oxygens (including phenoxy) is 2. The van der Waals surface area contributed by atoms with Crippen LogP contribution < -0.4 is 20.1 Å². The minimum absolute atomic E-state index is 0.0187. The van der Waals surface area contributed by atoms with Gasteiger partial charge in [0.05, 0.1) is 17.8 Å². The maximum atomic E-state index is 14.8. The molecule has 3 aliphatic rings. The van der Waals surface area contributed by atoms with Gasteiger partial charge in [0.15, 0.2) is 0 Å². The fourth-order valence-corrected chi connectivity index (χ4v) is 9.98. The van der Waals surface area contributed by atoms with Crippen molar-refractivity contribution in [1.29, 1.82) is 0 Å². The van der Waals surface area contributed by atoms with Crippen molar-refractivity contribution in [2.45, 2.75) is 129 Å². The van der Waals surface area contributed by atoms with E-state index < -0.39 is 69.3 Å². The first-order valence-corrected chi connectivity index (χ1v) is 24.2. The summed E-state index contributed by atoms with van der Waals surface area (Å²) in [5.41, 5.74) is 4.18. The molecule has 1 saturated carbocycles. The number of para-hydroxylation sites is 1. The molecule has 344 valence electrons. The Morgan fingerprint density at radius 3 is 2.52 bits per heavy atom. The van der Waals surface area contributed by atoms with E-state index in [2.05, 4.69) is 47.4 Å². The number of hydrogen-bond acceptors (Lipinski definition) is 11. The van der Waals surface area contributed by atoms with E-state index in [1.54, 1.807) is 20.8 Å². The van der Waals surface area contributed by atoms with E-state index in [1.165, 1.54) is 35.9 Å². The van der Waals surface area contributed by atoms with Gasteiger partial charge in [-0.25, -0.2) is 14.5 Å². The van der Waals surface area contributed by atoms with E-state index >= 15 is 0 Å². The summed E-state index contributed by atoms with van der Waals surface area (Å²) in [4.78, 5) is 67.9. The lowest BCUT2D eigenvalue weighted by Crippen LogP contribution is -2.58. The predicted octanol–water partition coefficient (Wildman–Crippen LogP) is 6.58. The van der Waals surface area contributed by atoms with E-state index in [-0.39, 0.29) is 25.4 Å². The number of carbonyl (C=O) groups is 4. The highest BCUT2D eigenvalue weighted by atomic mass is 32.2. The molecular formula is C46H60N8O8S2. The molecule has 2 aromatic carbocycles. The highest BCUT2D eigenvalue weighted by molar-refractivity contribution is 7.87. The number of aryl methyl sites for hydroxylation is 2. The highest BCUT2D eigenvalue weighted by Crippen LogP contribution is 2.46. The quantitative estimate of drug-likeness (QED) is 0.154. The van der Waals surface area contributed by atoms with Crippen molar-refractivity contribution in [3.63, 3.8) is 0 Å². The van der Waals surface area contributed by atoms with Crippen LogP contribution in [0.5, 0.6) is 6.01 Å². The van der Waals surface area contributed by atoms with E-state index in [0.29, 0.717) is 30.8 Å². The van der Waals surface area contributed by atoms with Crippen LogP contribution in [0.4, 0.5) is 4.79 Å². The third-order valence-electron chi connectivity index (χ3n) is 11.9. The third-order valence-corrected chi connectivity index (χ3v) is 14.2. The lowest BCUT2D eigenvalue weighted by atomic mass is 10.0. The molecule has 0 radical (unpaired) electrons. The van der Waals surface area contributed by atoms with Gasteiger partial charge in [0, 0.05) is 49.0 Å². The van der Waals surface area contributed by atoms with Crippen LogP contribution in [0.2, 0.25) is 0 Å². The van der Waals surface area contributed by atoms with Crippen molar-refractivity contribution in [1.82, 2.24) is 39.1 Å². The molecule has 4 heterocycles. The maximum Gasteiger partial charge on any atom is 0.408 e. The molecule has 1 aliphatic carbocycles. The standard InChI is InChI=1S/C46H60N8O8S2/c1-27(2)54-36-19-15-17-33(40-47-35(26-63-40)32-21-20-28(3)22-29(32)4)38(36)49-43(54)61-31-23-37-39(55)50-46(42(57)51-64(59,60)52(8)9)24-30(46)16-13-11-10-12-14-18-34(41(56)53(37)25-31)48-44(58)62-45(5,6)7/h13,15-17,19-22,26-27,30-31,34,37H,10-12,14,18,23-25H2,1-9H3,(H,48,58)(H,50,55)(H,51,57)/b16-13-/t30-,31+,34-,37-,46+/m0/s1. The summed E-state index contributed by atoms with van der Waals surface area (Å²) in [7, 11) is -1.59. The Hall–Kier alpha value is -5.33. The number of rotatable bonds is 9. The predicted molar refractivity (Wildman–Crippen MR) is 246 cm³/mol. The smallest absolute Gasteiger partial charge is 0.408 e. The monoisotopic (exact) mass is 916 g/mol. The molecule has 0 spiro atoms. The molecule has 4 aromatic rings. The van der Waals surface area contributed by atoms with E-state index in [0.717, 1.165) is 50.1 Å². The number of amides is 4. The van der Waals surface area contributed by atoms with Crippen molar-refractivity contribution in [2.75, 3.05) is 20.6 Å². The molecule has 2 fully saturated rings. The summed E-state index contributed by atoms with van der Waals surface area (Å²) in [6.07, 6.45) is 5.54. The second-order valence-corrected chi connectivity index (χ2v) is 21.4. The van der Waals surface area contributed by atoms with Crippen molar-refractivity contribution >= 4 is 56.4 Å². The summed E-state index contributed by atoms with van der Waals surface area (Å²) in [6, 6.07) is 10.2. The largest absolute Gasteiger partial charge is 0.459 e. The zero-order valence-electron chi connectivity index (χ0n) is 38.1. The molecule has 16 nitrogen and oxygen atoms in total. The van der Waals surface area contributed by atoms with Gasteiger partial charge < -0.3 is 25.0 Å². The fraction of sp³-hybridized carbons (Fsp3) is 0.522. The van der Waals surface area contributed by atoms with Crippen molar-refractivity contribution < 1.29 is 37.1 Å². The van der Waals surface area contributed by atoms with Gasteiger partial charge in [-0.3, -0.25) is 19.0 Å². The Balaban J connectivity index is 1.23. The van der Waals surface area contributed by atoms with E-state index in [1.807, 2.05) is 54.1 Å². The number of thiazole rings is 1. The lowest BCUT2D eigenvalue weighted by Gasteiger charge is -2.30. The molecule has 0 bridgehead atoms. The molecule has 3 N–H and O–H groups in total. The summed E-state index contributed by atoms with van der Waals surface area (Å²) in [5.74, 6) is -2.51. The second-order valence-electron chi connectivity index (χ2n) is 18.6. The van der Waals surface area contributed by atoms with Crippen molar-refractivity contribution in [2.24, 2.45) is 5.92 Å². The van der Waals surface area contributed by atoms with Gasteiger partial charge in [0.2, 0.25) is 11.8 Å². The SMILES string of the molecule is Cc1ccc(-c2csc(-c3cccc4c3nc(O[C@@H]3C[C@H]5C(=O)N[C@]6(C(=O)NS(=O)(=O)N(C)C)C[C@@H]6/C=C\CCCCC[C@H](NC(=O)OC(C)(C)C)C(=O)N5C3)n4C(C)C)n2)c(C)c1. The van der Waals surface area contributed by atoms with Crippen LogP contribution in [0, 0.1) is 19.8 Å². The minimum atomic E-state index is -4.19. The number of carbonyl (C=O) groups excluding carboxylic acids is 4. The average molecular weight is 917 g/mol. The number of alkyl carbamates (subject to hydrolysis) is 1. The summed E-state index contributed by atoms with van der Waals surface area (Å²) < 4.78 is 43.0. The van der Waals surface area contributed by atoms with Crippen LogP contribution >= 0.6 is 11.3 Å². The van der Waals surface area contributed by atoms with Gasteiger partial charge in [0.25, 0.3) is 11.9 Å². The van der Waals surface area contributed by atoms with Crippen LogP contribution in [-0.4, -0.2) is 106 Å². The third kappa shape index (κ3) is 9.98. The highest BCUT2D eigenvalue weighted by Gasteiger charge is 2.62. The van der Waals surface area contributed by atoms with E-state index in [4.69, 9.17) is 19.4 Å². The van der Waals surface area contributed by atoms with Crippen LogP contribution in [-0.2, 0) is 29.3 Å². The number of imidazole rings is 1. The average Bonchev–Trinajstić information content (AvgIpc) is 3.54. The Morgan fingerprint density at radius 2 is 1.81 bits per heavy atom. The number of hydrogen-bond donors (Lipinski definition) is 3. The number of nitrogens with one attached hydrogen (secondary N) is 3. The molecule has 64 heavy (non-hydrogen) atoms. The number of fused-ring (bicyclic) bond motifs is 3. The Bertz CT molecular complexity index is 2580. The van der Waals surface area contributed by atoms with Crippen LogP contribution in [0.15, 0.2) is 53.9 Å². The summed E-state index contributed by atoms with van der Waals surface area (Å²) in [5, 5.41) is 8.50. The minimum Gasteiger partial charge on any atom is -0.459 e. The summed E-state index contributed by atoms with van der Waals surface area (Å²) in [6.45, 7) is 13.3. The molecule has 0 unspecified atom stereocenters. The molecule has 7 rings (SSSR count). The molecular weight excluding hydrogens is 857 g/mol. The van der Waals surface area contributed by atoms with Gasteiger partial charge in [-0.05, 0) is 91.8 Å². The molecule has 4 amide bonds. The normalized spacial score (nSPS) is 23.8. The topological polar surface area (TPSA) is 194 Å². The van der Waals surface area contributed by atoms with Crippen molar-refractivity contribution in [3.05, 3.63) is 65.1 Å². The van der Waals surface area contributed by atoms with Gasteiger partial charge in [-0.1, -0.05) is 54.8 Å². The first kappa shape index (κ1) is 46.7. The van der Waals surface area contributed by atoms with Crippen LogP contribution in [0.3, 0.4) is 0 Å². The van der Waals surface area contributed by atoms with Crippen molar-refractivity contribution in [3.8, 4) is 27.8 Å². The Kier molecular flexibility index (Phi) is 13.3. The van der Waals surface area contributed by atoms with Gasteiger partial charge in [0.1, 0.15) is 39.9 Å². The fourth-order valence-electron chi connectivity index (χ4n) is 8.54. The second kappa shape index (κ2) is 18.3. The zero-order valence-corrected chi connectivity index (χ0v) is 39.7. The zero-order chi connectivity index (χ0) is 46.3. The number of allylic oxidation sites excluding steroid dienone is 1. The Morgan fingerprint density at radius 1 is 1.05 bits per heavy atom. The first-order valence-electron chi connectivity index (χ1n) is 21.9. The number of aromatic nitrogens is 3. The number of benzene rings is 2. The first-order chi connectivity index (χ1) is 30.2. The number of nitrogens with zero attached hydrogens (tertiary/aromatic N) is 5. The molecule has 2 aromatic heterocycles. The van der Waals surface area contributed by atoms with Crippen LogP contribution in [0.25, 0.3) is 32.9 Å². The van der Waals surface area contributed by atoms with Gasteiger partial charge in [-0.15, -0.1) is 11.3 Å². The molecule has 5 atom stereocenters. The Labute approximate surface area is 379 Å². The summed E-state index contributed by atoms with van der Waals surface area (Å²) >= 11 is 1.53. The maximum absolute atomic E-state index is 14.8. The molecule has 2 aliphatic heterocycles. The lowest BCUT2D eigenvalue weighted by molar-refractivity contribution is -0.141. The van der Waals surface area contributed by atoms with Crippen LogP contribution in [0.1, 0.15) is 96.7 Å². The molecule has 18 heteroatoms. The van der Waals surface area contributed by atoms with Gasteiger partial charge in [-0.2, -0.15) is 17.7 Å².